The lowest BCUT2D eigenvalue weighted by molar-refractivity contribution is 0.0645. The van der Waals surface area contributed by atoms with Crippen LogP contribution in [0.25, 0.3) is 0 Å². The molecular weight excluding hydrogens is 333 g/mol. The van der Waals surface area contributed by atoms with Gasteiger partial charge >= 0.3 is 5.97 Å². The number of aromatic carboxylic acids is 1. The van der Waals surface area contributed by atoms with E-state index in [4.69, 9.17) is 4.74 Å². The predicted molar refractivity (Wildman–Crippen MR) is 70.2 cm³/mol. The van der Waals surface area contributed by atoms with Gasteiger partial charge in [0.15, 0.2) is 0 Å². The van der Waals surface area contributed by atoms with Crippen molar-refractivity contribution >= 4 is 28.6 Å². The van der Waals surface area contributed by atoms with Crippen LogP contribution in [0.4, 0.5) is 0 Å². The molecule has 92 valence electrons. The van der Waals surface area contributed by atoms with E-state index in [-0.39, 0.29) is 12.1 Å². The molecular formula is C12H14INO3. The Morgan fingerprint density at radius 2 is 2.24 bits per heavy atom. The number of halogens is 1. The number of nitrogens with zero attached hydrogens (tertiary/aromatic N) is 1. The summed E-state index contributed by atoms with van der Waals surface area (Å²) in [4.78, 5) is 11.2. The topological polar surface area (TPSA) is 51.5 Å². The zero-order valence-corrected chi connectivity index (χ0v) is 11.5. The average molecular weight is 347 g/mol. The van der Waals surface area contributed by atoms with Crippen LogP contribution >= 0.6 is 22.6 Å². The van der Waals surface area contributed by atoms with Gasteiger partial charge in [0.05, 0.1) is 12.1 Å². The standard InChI is InChI=1S/C12H14INO3/c13-8-5-10(12(15)16)14(6-8)9-3-4-17-11(9)7-1-2-7/h5-7,9,11H,1-4H2,(H,15,16). The van der Waals surface area contributed by atoms with Crippen LogP contribution in [0.2, 0.25) is 0 Å². The Hall–Kier alpha value is -0.560. The summed E-state index contributed by atoms with van der Waals surface area (Å²) in [5.41, 5.74) is 0.385. The lowest BCUT2D eigenvalue weighted by Crippen LogP contribution is -2.24. The molecule has 1 saturated carbocycles. The summed E-state index contributed by atoms with van der Waals surface area (Å²) in [6.07, 6.45) is 5.52. The second-order valence-corrected chi connectivity index (χ2v) is 6.03. The molecule has 0 bridgehead atoms. The van der Waals surface area contributed by atoms with Crippen molar-refractivity contribution in [3.8, 4) is 0 Å². The van der Waals surface area contributed by atoms with Gasteiger partial charge in [0, 0.05) is 16.4 Å². The molecule has 2 aliphatic rings. The average Bonchev–Trinajstić information content (AvgIpc) is 2.87. The highest BCUT2D eigenvalue weighted by molar-refractivity contribution is 14.1. The van der Waals surface area contributed by atoms with E-state index in [1.165, 1.54) is 12.8 Å². The first-order valence-electron chi connectivity index (χ1n) is 5.89. The maximum Gasteiger partial charge on any atom is 0.352 e. The number of rotatable bonds is 3. The van der Waals surface area contributed by atoms with Gasteiger partial charge in [-0.3, -0.25) is 0 Å². The van der Waals surface area contributed by atoms with E-state index in [1.807, 2.05) is 10.8 Å². The summed E-state index contributed by atoms with van der Waals surface area (Å²) < 4.78 is 8.65. The van der Waals surface area contributed by atoms with Crippen LogP contribution in [0.15, 0.2) is 12.3 Å². The summed E-state index contributed by atoms with van der Waals surface area (Å²) in [6, 6.07) is 1.93. The van der Waals surface area contributed by atoms with Crippen LogP contribution in [0.3, 0.4) is 0 Å². The van der Waals surface area contributed by atoms with E-state index in [0.717, 1.165) is 16.6 Å². The maximum atomic E-state index is 11.2. The first-order chi connectivity index (χ1) is 8.16. The number of ether oxygens (including phenoxy) is 1. The Morgan fingerprint density at radius 3 is 2.88 bits per heavy atom. The zero-order valence-electron chi connectivity index (χ0n) is 9.30. The fraction of sp³-hybridized carbons (Fsp3) is 0.583. The van der Waals surface area contributed by atoms with Crippen molar-refractivity contribution in [2.75, 3.05) is 6.61 Å². The number of carboxylic acids is 1. The summed E-state index contributed by atoms with van der Waals surface area (Å²) in [6.45, 7) is 0.750. The van der Waals surface area contributed by atoms with Crippen molar-refractivity contribution in [1.82, 2.24) is 4.57 Å². The number of carboxylic acid groups (broad SMARTS) is 1. The predicted octanol–water partition coefficient (Wildman–Crippen LogP) is 2.53. The van der Waals surface area contributed by atoms with Crippen molar-refractivity contribution in [3.05, 3.63) is 21.5 Å². The monoisotopic (exact) mass is 347 g/mol. The number of hydrogen-bond acceptors (Lipinski definition) is 2. The molecule has 0 aromatic carbocycles. The van der Waals surface area contributed by atoms with Gasteiger partial charge in [-0.15, -0.1) is 0 Å². The summed E-state index contributed by atoms with van der Waals surface area (Å²) >= 11 is 2.16. The molecule has 2 fully saturated rings. The normalized spacial score (nSPS) is 28.5. The van der Waals surface area contributed by atoms with Crippen molar-refractivity contribution in [2.24, 2.45) is 5.92 Å². The molecule has 0 spiro atoms. The molecule has 3 rings (SSSR count). The summed E-state index contributed by atoms with van der Waals surface area (Å²) in [5, 5.41) is 9.21. The van der Waals surface area contributed by atoms with Gasteiger partial charge in [-0.2, -0.15) is 0 Å². The van der Waals surface area contributed by atoms with Crippen molar-refractivity contribution in [3.63, 3.8) is 0 Å². The summed E-state index contributed by atoms with van der Waals surface area (Å²) in [5.74, 6) is -0.210. The molecule has 2 atom stereocenters. The quantitative estimate of drug-likeness (QED) is 0.855. The van der Waals surface area contributed by atoms with E-state index in [1.54, 1.807) is 6.07 Å². The minimum absolute atomic E-state index is 0.206. The van der Waals surface area contributed by atoms with Crippen LogP contribution in [-0.2, 0) is 4.74 Å². The van der Waals surface area contributed by atoms with Gasteiger partial charge in [-0.1, -0.05) is 0 Å². The van der Waals surface area contributed by atoms with Crippen LogP contribution < -0.4 is 0 Å². The lowest BCUT2D eigenvalue weighted by atomic mass is 10.1. The highest BCUT2D eigenvalue weighted by Crippen LogP contribution is 2.43. The Bertz CT molecular complexity index is 453. The Morgan fingerprint density at radius 1 is 1.47 bits per heavy atom. The third-order valence-electron chi connectivity index (χ3n) is 3.58. The van der Waals surface area contributed by atoms with E-state index in [2.05, 4.69) is 22.6 Å². The van der Waals surface area contributed by atoms with Crippen molar-refractivity contribution in [2.45, 2.75) is 31.4 Å². The molecule has 4 nitrogen and oxygen atoms in total. The molecule has 1 aliphatic heterocycles. The van der Waals surface area contributed by atoms with Gasteiger partial charge in [0.25, 0.3) is 0 Å². The smallest absolute Gasteiger partial charge is 0.352 e. The van der Waals surface area contributed by atoms with E-state index in [9.17, 15) is 9.90 Å². The lowest BCUT2D eigenvalue weighted by Gasteiger charge is -2.21. The highest BCUT2D eigenvalue weighted by atomic mass is 127. The number of aromatic nitrogens is 1. The molecule has 2 unspecified atom stereocenters. The molecule has 1 aromatic rings. The highest BCUT2D eigenvalue weighted by Gasteiger charge is 2.42. The zero-order chi connectivity index (χ0) is 12.0. The second-order valence-electron chi connectivity index (χ2n) is 4.78. The van der Waals surface area contributed by atoms with Crippen LogP contribution in [-0.4, -0.2) is 28.4 Å². The van der Waals surface area contributed by atoms with Gasteiger partial charge < -0.3 is 14.4 Å². The first kappa shape index (κ1) is 11.5. The second kappa shape index (κ2) is 4.28. The molecule has 1 aromatic heterocycles. The first-order valence-corrected chi connectivity index (χ1v) is 6.97. The van der Waals surface area contributed by atoms with E-state index in [0.29, 0.717) is 11.6 Å². The number of carbonyl (C=O) groups is 1. The fourth-order valence-electron chi connectivity index (χ4n) is 2.66. The molecule has 1 aliphatic carbocycles. The van der Waals surface area contributed by atoms with Crippen molar-refractivity contribution in [1.29, 1.82) is 0 Å². The molecule has 0 radical (unpaired) electrons. The molecule has 17 heavy (non-hydrogen) atoms. The number of hydrogen-bond donors (Lipinski definition) is 1. The Labute approximate surface area is 113 Å². The molecule has 1 saturated heterocycles. The largest absolute Gasteiger partial charge is 0.477 e. The molecule has 2 heterocycles. The SMILES string of the molecule is O=C(O)c1cc(I)cn1C1CCOC1C1CC1. The molecule has 1 N–H and O–H groups in total. The van der Waals surface area contributed by atoms with Crippen LogP contribution in [0.1, 0.15) is 35.8 Å². The third kappa shape index (κ3) is 2.10. The molecule has 5 heteroatoms. The Balaban J connectivity index is 1.94. The minimum Gasteiger partial charge on any atom is -0.477 e. The van der Waals surface area contributed by atoms with E-state index >= 15 is 0 Å². The molecule has 0 amide bonds. The maximum absolute atomic E-state index is 11.2. The van der Waals surface area contributed by atoms with Gasteiger partial charge in [-0.25, -0.2) is 4.79 Å². The fourth-order valence-corrected chi connectivity index (χ4v) is 3.26. The van der Waals surface area contributed by atoms with Gasteiger partial charge in [-0.05, 0) is 53.8 Å². The van der Waals surface area contributed by atoms with Gasteiger partial charge in [0.2, 0.25) is 0 Å². The summed E-state index contributed by atoms with van der Waals surface area (Å²) in [7, 11) is 0. The van der Waals surface area contributed by atoms with E-state index < -0.39 is 5.97 Å². The third-order valence-corrected chi connectivity index (χ3v) is 4.17. The van der Waals surface area contributed by atoms with Crippen molar-refractivity contribution < 1.29 is 14.6 Å². The van der Waals surface area contributed by atoms with Crippen LogP contribution in [0.5, 0.6) is 0 Å². The Kier molecular flexibility index (Phi) is 2.90. The minimum atomic E-state index is -0.852. The van der Waals surface area contributed by atoms with Crippen LogP contribution in [0, 0.1) is 9.49 Å². The van der Waals surface area contributed by atoms with Gasteiger partial charge in [0.1, 0.15) is 5.69 Å².